The van der Waals surface area contributed by atoms with Gasteiger partial charge in [-0.1, -0.05) is 0 Å². The summed E-state index contributed by atoms with van der Waals surface area (Å²) in [5.74, 6) is -0.833. The Kier molecular flexibility index (Phi) is 58.5. The van der Waals surface area contributed by atoms with Crippen molar-refractivity contribution < 1.29 is 29.4 Å². The minimum Gasteiger partial charge on any atom is -0.481 e. The molecule has 0 spiro atoms. The maximum absolute atomic E-state index is 9.00. The fourth-order valence-corrected chi connectivity index (χ4v) is 0. The molecule has 0 heterocycles. The first kappa shape index (κ1) is 25.6. The summed E-state index contributed by atoms with van der Waals surface area (Å²) in [6.07, 6.45) is 0. The van der Waals surface area contributed by atoms with Gasteiger partial charge in [0.25, 0.3) is 5.97 Å². The number of aliphatic carboxylic acids is 1. The molecule has 0 saturated carbocycles. The molecule has 1 N–H and O–H groups in total. The van der Waals surface area contributed by atoms with Gasteiger partial charge in [-0.3, -0.25) is 4.79 Å². The average molecular weight is 221 g/mol. The zero-order valence-corrected chi connectivity index (χ0v) is 9.15. The quantitative estimate of drug-likeness (QED) is 0.491. The van der Waals surface area contributed by atoms with Crippen LogP contribution in [0.15, 0.2) is 0 Å². The molecular formula is C3H8BrO2Zn-. The molecule has 0 aromatic rings. The standard InChI is InChI=1S/C2H4O2.CH3.BrH.Zn/c1-2(3)4;;;/h1H3,(H,3,4);1H3;1H;/q;-1;;. The minimum atomic E-state index is -0.833. The molecule has 0 aliphatic rings. The van der Waals surface area contributed by atoms with E-state index in [0.717, 1.165) is 6.92 Å². The summed E-state index contributed by atoms with van der Waals surface area (Å²) in [6, 6.07) is 0. The molecule has 0 aliphatic heterocycles. The van der Waals surface area contributed by atoms with Crippen LogP contribution in [0.25, 0.3) is 0 Å². The van der Waals surface area contributed by atoms with Crippen molar-refractivity contribution >= 4 is 23.0 Å². The minimum absolute atomic E-state index is 0. The van der Waals surface area contributed by atoms with Crippen molar-refractivity contribution in [2.45, 2.75) is 6.92 Å². The van der Waals surface area contributed by atoms with Gasteiger partial charge < -0.3 is 12.5 Å². The Morgan fingerprint density at radius 2 is 1.57 bits per heavy atom. The van der Waals surface area contributed by atoms with E-state index in [1.165, 1.54) is 0 Å². The Bertz CT molecular complexity index is 35.9. The third-order valence-corrected chi connectivity index (χ3v) is 0. The largest absolute Gasteiger partial charge is 0.481 e. The topological polar surface area (TPSA) is 37.3 Å². The zero-order valence-electron chi connectivity index (χ0n) is 4.47. The molecule has 0 saturated heterocycles. The number of hydrogen-bond donors (Lipinski definition) is 1. The van der Waals surface area contributed by atoms with Crippen molar-refractivity contribution in [2.24, 2.45) is 0 Å². The van der Waals surface area contributed by atoms with E-state index in [2.05, 4.69) is 0 Å². The molecule has 0 radical (unpaired) electrons. The molecule has 0 rings (SSSR count). The van der Waals surface area contributed by atoms with Crippen LogP contribution in [0.2, 0.25) is 0 Å². The van der Waals surface area contributed by atoms with Crippen LogP contribution in [-0.4, -0.2) is 11.1 Å². The normalized spacial score (nSPS) is 3.57. The Hall–Kier alpha value is 0.573. The Morgan fingerprint density at radius 1 is 1.57 bits per heavy atom. The van der Waals surface area contributed by atoms with E-state index in [1.807, 2.05) is 0 Å². The summed E-state index contributed by atoms with van der Waals surface area (Å²) < 4.78 is 0. The van der Waals surface area contributed by atoms with Crippen molar-refractivity contribution in [2.75, 3.05) is 0 Å². The fourth-order valence-electron chi connectivity index (χ4n) is 0. The molecule has 42 valence electrons. The van der Waals surface area contributed by atoms with E-state index in [1.54, 1.807) is 0 Å². The van der Waals surface area contributed by atoms with Crippen molar-refractivity contribution in [1.82, 2.24) is 0 Å². The van der Waals surface area contributed by atoms with Gasteiger partial charge in [-0.15, -0.1) is 17.0 Å². The molecule has 0 atom stereocenters. The second-order valence-corrected chi connectivity index (χ2v) is 0.519. The van der Waals surface area contributed by atoms with Crippen molar-refractivity contribution in [3.8, 4) is 0 Å². The number of halogens is 1. The maximum Gasteiger partial charge on any atom is 0.300 e. The number of carboxylic acid groups (broad SMARTS) is 1. The van der Waals surface area contributed by atoms with E-state index in [4.69, 9.17) is 9.90 Å². The van der Waals surface area contributed by atoms with Gasteiger partial charge in [-0.25, -0.2) is 0 Å². The fraction of sp³-hybridized carbons (Fsp3) is 0.333. The van der Waals surface area contributed by atoms with Gasteiger partial charge in [0.2, 0.25) is 0 Å². The monoisotopic (exact) mass is 219 g/mol. The predicted octanol–water partition coefficient (Wildman–Crippen LogP) is 1.12. The molecule has 2 nitrogen and oxygen atoms in total. The van der Waals surface area contributed by atoms with Crippen LogP contribution < -0.4 is 0 Å². The van der Waals surface area contributed by atoms with Crippen LogP contribution >= 0.6 is 17.0 Å². The Labute approximate surface area is 66.8 Å². The Morgan fingerprint density at radius 3 is 1.57 bits per heavy atom. The maximum atomic E-state index is 9.00. The van der Waals surface area contributed by atoms with Gasteiger partial charge >= 0.3 is 0 Å². The van der Waals surface area contributed by atoms with Crippen LogP contribution in [0, 0.1) is 7.43 Å². The van der Waals surface area contributed by atoms with Gasteiger partial charge in [0.05, 0.1) is 0 Å². The molecule has 4 heteroatoms. The number of rotatable bonds is 0. The van der Waals surface area contributed by atoms with Crippen molar-refractivity contribution in [1.29, 1.82) is 0 Å². The van der Waals surface area contributed by atoms with Crippen LogP contribution in [0.1, 0.15) is 6.92 Å². The van der Waals surface area contributed by atoms with Crippen LogP contribution in [0.4, 0.5) is 0 Å². The third kappa shape index (κ3) is 418. The van der Waals surface area contributed by atoms with E-state index in [-0.39, 0.29) is 43.9 Å². The molecule has 0 fully saturated rings. The van der Waals surface area contributed by atoms with E-state index in [9.17, 15) is 0 Å². The Balaban J connectivity index is -0.0000000150. The van der Waals surface area contributed by atoms with Crippen molar-refractivity contribution in [3.05, 3.63) is 7.43 Å². The summed E-state index contributed by atoms with van der Waals surface area (Å²) >= 11 is 0. The summed E-state index contributed by atoms with van der Waals surface area (Å²) in [5.41, 5.74) is 0. The third-order valence-electron chi connectivity index (χ3n) is 0. The molecule has 0 aromatic heterocycles. The number of hydrogen-bond acceptors (Lipinski definition) is 1. The average Bonchev–Trinajstić information content (AvgIpc) is 0.811. The molecule has 0 bridgehead atoms. The van der Waals surface area contributed by atoms with Gasteiger partial charge in [-0.2, -0.15) is 0 Å². The number of carboxylic acids is 1. The van der Waals surface area contributed by atoms with Crippen molar-refractivity contribution in [3.63, 3.8) is 0 Å². The second kappa shape index (κ2) is 16.0. The summed E-state index contributed by atoms with van der Waals surface area (Å²) in [6.45, 7) is 1.08. The van der Waals surface area contributed by atoms with E-state index >= 15 is 0 Å². The SMILES string of the molecule is Br.CC(=O)O.[CH3-].[Zn]. The first-order chi connectivity index (χ1) is 1.73. The van der Waals surface area contributed by atoms with Gasteiger partial charge in [0.1, 0.15) is 0 Å². The molecule has 0 amide bonds. The second-order valence-electron chi connectivity index (χ2n) is 0.519. The number of carbonyl (C=O) groups is 1. The van der Waals surface area contributed by atoms with Gasteiger partial charge in [-0.05, 0) is 0 Å². The molecule has 0 unspecified atom stereocenters. The van der Waals surface area contributed by atoms with E-state index < -0.39 is 5.97 Å². The zero-order chi connectivity index (χ0) is 3.58. The summed E-state index contributed by atoms with van der Waals surface area (Å²) in [4.78, 5) is 9.00. The first-order valence-corrected chi connectivity index (χ1v) is 0.928. The first-order valence-electron chi connectivity index (χ1n) is 0.928. The summed E-state index contributed by atoms with van der Waals surface area (Å²) in [5, 5.41) is 7.42. The molecular weight excluding hydrogens is 213 g/mol. The molecule has 0 aromatic carbocycles. The summed E-state index contributed by atoms with van der Waals surface area (Å²) in [7, 11) is 0. The molecule has 7 heavy (non-hydrogen) atoms. The van der Waals surface area contributed by atoms with Gasteiger partial charge in [0.15, 0.2) is 0 Å². The predicted molar refractivity (Wildman–Crippen MR) is 30.0 cm³/mol. The van der Waals surface area contributed by atoms with Crippen LogP contribution in [0.3, 0.4) is 0 Å². The smallest absolute Gasteiger partial charge is 0.300 e. The van der Waals surface area contributed by atoms with Crippen LogP contribution in [-0.2, 0) is 24.3 Å². The van der Waals surface area contributed by atoms with Gasteiger partial charge in [0, 0.05) is 26.4 Å². The van der Waals surface area contributed by atoms with Crippen LogP contribution in [0.5, 0.6) is 0 Å². The molecule has 0 aliphatic carbocycles. The van der Waals surface area contributed by atoms with E-state index in [0.29, 0.717) is 0 Å².